The monoisotopic (exact) mass is 98.0 g/mol. The number of rotatable bonds is 0. The van der Waals surface area contributed by atoms with Gasteiger partial charge in [0.15, 0.2) is 0 Å². The molecule has 0 aromatic rings. The third-order valence-corrected chi connectivity index (χ3v) is 0. The van der Waals surface area contributed by atoms with Crippen molar-refractivity contribution in [3.8, 4) is 0 Å². The molecule has 0 aliphatic heterocycles. The highest BCUT2D eigenvalue weighted by Gasteiger charge is 1.65. The summed E-state index contributed by atoms with van der Waals surface area (Å²) in [5.41, 5.74) is 4.03. The Morgan fingerprint density at radius 1 is 1.67 bits per heavy atom. The summed E-state index contributed by atoms with van der Waals surface area (Å²) in [6.45, 7) is 0. The van der Waals surface area contributed by atoms with Gasteiger partial charge in [0, 0.05) is 0 Å². The summed E-state index contributed by atoms with van der Waals surface area (Å²) in [7, 11) is 0. The van der Waals surface area contributed by atoms with Gasteiger partial charge in [-0.1, -0.05) is 0 Å². The fraction of sp³-hybridized carbons (Fsp3) is 0. The molecule has 6 heavy (non-hydrogen) atoms. The third kappa shape index (κ3) is 20.9. The molecule has 0 fully saturated rings. The van der Waals surface area contributed by atoms with E-state index in [9.17, 15) is 0 Å². The second kappa shape index (κ2) is 8.90. The fourth-order valence-corrected chi connectivity index (χ4v) is 0. The van der Waals surface area contributed by atoms with Gasteiger partial charge in [-0.15, -0.1) is 0 Å². The predicted octanol–water partition coefficient (Wildman–Crippen LogP) is -0.0624. The van der Waals surface area contributed by atoms with Crippen LogP contribution in [0.4, 0.5) is 9.50 Å². The van der Waals surface area contributed by atoms with E-state index in [0.717, 1.165) is 0 Å². The Hall–Kier alpha value is -0.840. The van der Waals surface area contributed by atoms with Crippen molar-refractivity contribution in [1.29, 1.82) is 0 Å². The number of nitrogens with two attached hydrogens (primary N) is 1. The van der Waals surface area contributed by atoms with Crippen LogP contribution in [0.1, 0.15) is 0 Å². The van der Waals surface area contributed by atoms with Crippen LogP contribution < -0.4 is 11.9 Å². The van der Waals surface area contributed by atoms with Gasteiger partial charge in [0.2, 0.25) is 0 Å². The number of hydrogen-bond donors (Lipinski definition) is 3. The maximum atomic E-state index is 8.78. The molecule has 0 unspecified atom stereocenters. The molecule has 1 amide bonds. The van der Waals surface area contributed by atoms with Gasteiger partial charge in [-0.05, 0) is 0 Å². The van der Waals surface area contributed by atoms with E-state index in [1.165, 1.54) is 0 Å². The van der Waals surface area contributed by atoms with Crippen LogP contribution in [0.15, 0.2) is 0 Å². The number of primary amides is 1. The van der Waals surface area contributed by atoms with Crippen molar-refractivity contribution in [1.82, 2.24) is 6.15 Å². The Labute approximate surface area is 33.9 Å². The van der Waals surface area contributed by atoms with Gasteiger partial charge < -0.3 is 17.0 Å². The molecular formula is CH7FN2O2. The van der Waals surface area contributed by atoms with Crippen LogP contribution in [0.3, 0.4) is 0 Å². The molecule has 4 nitrogen and oxygen atoms in total. The standard InChI is InChI=1S/CH3NO2.FH.H3N/c2-1(3)4;;/h2H2,(H,3,4);1H;1H3. The lowest BCUT2D eigenvalue weighted by Crippen LogP contribution is -2.03. The maximum absolute atomic E-state index is 8.78. The predicted molar refractivity (Wildman–Crippen MR) is 19.7 cm³/mol. The molecule has 0 bridgehead atoms. The summed E-state index contributed by atoms with van der Waals surface area (Å²) in [6.07, 6.45) is -1.33. The summed E-state index contributed by atoms with van der Waals surface area (Å²) >= 11 is 0. The molecule has 0 spiro atoms. The topological polar surface area (TPSA) is 98.3 Å². The minimum absolute atomic E-state index is 0. The van der Waals surface area contributed by atoms with Crippen molar-refractivity contribution in [2.45, 2.75) is 0 Å². The smallest absolute Gasteiger partial charge is 0.402 e. The van der Waals surface area contributed by atoms with E-state index >= 15 is 0 Å². The van der Waals surface area contributed by atoms with Gasteiger partial charge in [0.1, 0.15) is 0 Å². The number of carbonyl (C=O) groups is 1. The SMILES string of the molecule is F.N.NC(=O)O. The third-order valence-electron chi connectivity index (χ3n) is 0. The lowest BCUT2D eigenvalue weighted by Gasteiger charge is -1.61. The van der Waals surface area contributed by atoms with Crippen LogP contribution in [0.2, 0.25) is 0 Å². The fourth-order valence-electron chi connectivity index (χ4n) is 0. The van der Waals surface area contributed by atoms with Gasteiger partial charge in [0.25, 0.3) is 0 Å². The first-order chi connectivity index (χ1) is 1.73. The molecule has 6 N–H and O–H groups in total. The van der Waals surface area contributed by atoms with Gasteiger partial charge in [-0.2, -0.15) is 0 Å². The molecule has 0 saturated heterocycles. The summed E-state index contributed by atoms with van der Waals surface area (Å²) in [5, 5.41) is 7.19. The zero-order valence-electron chi connectivity index (χ0n) is 3.05. The maximum Gasteiger partial charge on any atom is 0.402 e. The molecule has 0 aliphatic carbocycles. The van der Waals surface area contributed by atoms with Gasteiger partial charge >= 0.3 is 6.09 Å². The van der Waals surface area contributed by atoms with E-state index in [4.69, 9.17) is 9.90 Å². The average Bonchev–Trinajstić information content (AvgIpc) is 0.811. The molecule has 0 radical (unpaired) electrons. The summed E-state index contributed by atoms with van der Waals surface area (Å²) < 4.78 is 0. The molecule has 0 aromatic heterocycles. The Morgan fingerprint density at radius 2 is 1.67 bits per heavy atom. The van der Waals surface area contributed by atoms with E-state index in [-0.39, 0.29) is 10.9 Å². The Morgan fingerprint density at radius 3 is 1.67 bits per heavy atom. The van der Waals surface area contributed by atoms with Crippen LogP contribution in [0, 0.1) is 0 Å². The summed E-state index contributed by atoms with van der Waals surface area (Å²) in [4.78, 5) is 8.78. The highest BCUT2D eigenvalue weighted by Crippen LogP contribution is 1.34. The summed E-state index contributed by atoms with van der Waals surface area (Å²) in [6, 6.07) is 0. The number of hydrogen-bond acceptors (Lipinski definition) is 2. The second-order valence-electron chi connectivity index (χ2n) is 0.338. The average molecular weight is 98.1 g/mol. The number of halogens is 1. The lowest BCUT2D eigenvalue weighted by atomic mass is 11.3. The zero-order chi connectivity index (χ0) is 3.58. The molecule has 5 heteroatoms. The van der Waals surface area contributed by atoms with Crippen LogP contribution in [0.5, 0.6) is 0 Å². The van der Waals surface area contributed by atoms with Gasteiger partial charge in [-0.3, -0.25) is 4.70 Å². The van der Waals surface area contributed by atoms with Crippen LogP contribution >= 0.6 is 0 Å². The van der Waals surface area contributed by atoms with E-state index in [1.807, 2.05) is 0 Å². The van der Waals surface area contributed by atoms with Crippen LogP contribution in [0.25, 0.3) is 0 Å². The van der Waals surface area contributed by atoms with E-state index in [1.54, 1.807) is 0 Å². The molecule has 0 saturated carbocycles. The van der Waals surface area contributed by atoms with Crippen LogP contribution in [-0.2, 0) is 0 Å². The van der Waals surface area contributed by atoms with Crippen molar-refractivity contribution in [3.05, 3.63) is 0 Å². The molecule has 0 aromatic carbocycles. The Balaban J connectivity index is -0.0000000450. The second-order valence-corrected chi connectivity index (χ2v) is 0.338. The first kappa shape index (κ1) is 19.1. The van der Waals surface area contributed by atoms with Crippen molar-refractivity contribution < 1.29 is 14.6 Å². The molecule has 0 heterocycles. The number of carboxylic acid groups (broad SMARTS) is 1. The minimum atomic E-state index is -1.33. The quantitative estimate of drug-likeness (QED) is 0.395. The molecule has 0 aliphatic rings. The number of amides is 1. The van der Waals surface area contributed by atoms with E-state index in [0.29, 0.717) is 0 Å². The highest BCUT2D eigenvalue weighted by atomic mass is 19.0. The van der Waals surface area contributed by atoms with E-state index < -0.39 is 6.09 Å². The van der Waals surface area contributed by atoms with Crippen molar-refractivity contribution >= 4 is 6.09 Å². The first-order valence-electron chi connectivity index (χ1n) is 0.716. The normalized spacial score (nSPS) is 4.00. The molecule has 0 atom stereocenters. The molecule has 40 valence electrons. The van der Waals surface area contributed by atoms with E-state index in [2.05, 4.69) is 5.73 Å². The van der Waals surface area contributed by atoms with Crippen LogP contribution in [-0.4, -0.2) is 11.2 Å². The van der Waals surface area contributed by atoms with Crippen molar-refractivity contribution in [3.63, 3.8) is 0 Å². The molecule has 0 rings (SSSR count). The summed E-state index contributed by atoms with van der Waals surface area (Å²) in [5.74, 6) is 0. The molecular weight excluding hydrogens is 91.0 g/mol. The van der Waals surface area contributed by atoms with Gasteiger partial charge in [-0.25, -0.2) is 4.79 Å². The Kier molecular flexibility index (Phi) is 28.4. The zero-order valence-corrected chi connectivity index (χ0v) is 3.05. The van der Waals surface area contributed by atoms with Crippen molar-refractivity contribution in [2.75, 3.05) is 0 Å². The minimum Gasteiger partial charge on any atom is -0.465 e. The lowest BCUT2D eigenvalue weighted by molar-refractivity contribution is 0.205. The van der Waals surface area contributed by atoms with Gasteiger partial charge in [0.05, 0.1) is 0 Å². The van der Waals surface area contributed by atoms with Crippen molar-refractivity contribution in [2.24, 2.45) is 5.73 Å². The largest absolute Gasteiger partial charge is 0.465 e. The first-order valence-corrected chi connectivity index (χ1v) is 0.716. The highest BCUT2D eigenvalue weighted by molar-refractivity contribution is 5.61. The Bertz CT molecular complexity index is 34.5.